The Bertz CT molecular complexity index is 609. The number of hydrogen-bond acceptors (Lipinski definition) is 5. The van der Waals surface area contributed by atoms with E-state index in [2.05, 4.69) is 31.3 Å². The fourth-order valence-electron chi connectivity index (χ4n) is 1.60. The number of rotatable bonds is 5. The summed E-state index contributed by atoms with van der Waals surface area (Å²) in [4.78, 5) is 8.42. The van der Waals surface area contributed by atoms with Gasteiger partial charge >= 0.3 is 0 Å². The second-order valence-corrected chi connectivity index (χ2v) is 4.99. The molecule has 5 nitrogen and oxygen atoms in total. The zero-order valence-corrected chi connectivity index (χ0v) is 12.4. The number of aromatic nitrogens is 2. The van der Waals surface area contributed by atoms with E-state index < -0.39 is 5.82 Å². The average Bonchev–Trinajstić information content (AvgIpc) is 2.43. The summed E-state index contributed by atoms with van der Waals surface area (Å²) >= 11 is 3.27. The van der Waals surface area contributed by atoms with Crippen LogP contribution in [0.3, 0.4) is 0 Å². The predicted octanol–water partition coefficient (Wildman–Crippen LogP) is 3.41. The maximum Gasteiger partial charge on any atom is 0.224 e. The summed E-state index contributed by atoms with van der Waals surface area (Å²) in [7, 11) is 0. The van der Waals surface area contributed by atoms with Crippen molar-refractivity contribution >= 4 is 21.7 Å². The van der Waals surface area contributed by atoms with Crippen molar-refractivity contribution in [2.75, 3.05) is 5.43 Å². The second kappa shape index (κ2) is 6.62. The number of nitrogens with two attached hydrogens (primary N) is 1. The highest BCUT2D eigenvalue weighted by Gasteiger charge is 2.09. The van der Waals surface area contributed by atoms with Crippen LogP contribution in [0.1, 0.15) is 19.2 Å². The molecule has 106 valence electrons. The first-order chi connectivity index (χ1) is 9.62. The summed E-state index contributed by atoms with van der Waals surface area (Å²) in [6.45, 7) is 2.01. The lowest BCUT2D eigenvalue weighted by Crippen LogP contribution is -2.11. The first-order valence-corrected chi connectivity index (χ1v) is 6.89. The molecule has 0 radical (unpaired) electrons. The van der Waals surface area contributed by atoms with E-state index in [-0.39, 0.29) is 11.6 Å². The zero-order chi connectivity index (χ0) is 14.5. The zero-order valence-electron chi connectivity index (χ0n) is 10.9. The molecule has 0 aliphatic carbocycles. The fourth-order valence-corrected chi connectivity index (χ4v) is 1.94. The van der Waals surface area contributed by atoms with Crippen molar-refractivity contribution in [3.8, 4) is 11.6 Å². The van der Waals surface area contributed by atoms with Crippen LogP contribution in [0.15, 0.2) is 28.7 Å². The maximum atomic E-state index is 13.7. The topological polar surface area (TPSA) is 73.1 Å². The third kappa shape index (κ3) is 3.64. The Morgan fingerprint density at radius 1 is 1.35 bits per heavy atom. The number of hydrazine groups is 1. The molecular weight excluding hydrogens is 327 g/mol. The minimum atomic E-state index is -0.467. The van der Waals surface area contributed by atoms with E-state index in [0.717, 1.165) is 6.42 Å². The number of nitrogen functional groups attached to an aromatic ring is 1. The molecule has 1 aromatic heterocycles. The van der Waals surface area contributed by atoms with Crippen molar-refractivity contribution < 1.29 is 9.13 Å². The van der Waals surface area contributed by atoms with Crippen molar-refractivity contribution in [3.63, 3.8) is 0 Å². The first kappa shape index (κ1) is 14.7. The van der Waals surface area contributed by atoms with E-state index in [4.69, 9.17) is 10.6 Å². The van der Waals surface area contributed by atoms with Gasteiger partial charge in [0.15, 0.2) is 11.6 Å². The summed E-state index contributed by atoms with van der Waals surface area (Å²) in [6, 6.07) is 5.96. The van der Waals surface area contributed by atoms with Crippen LogP contribution in [0.25, 0.3) is 0 Å². The Balaban J connectivity index is 2.32. The highest BCUT2D eigenvalue weighted by molar-refractivity contribution is 9.10. The number of halogens is 2. The van der Waals surface area contributed by atoms with Gasteiger partial charge in [0.2, 0.25) is 5.88 Å². The Hall–Kier alpha value is -1.73. The lowest BCUT2D eigenvalue weighted by molar-refractivity contribution is 0.424. The number of hydrogen-bond donors (Lipinski definition) is 2. The molecule has 2 aromatic rings. The van der Waals surface area contributed by atoms with Gasteiger partial charge in [-0.05, 0) is 24.6 Å². The van der Waals surface area contributed by atoms with Crippen LogP contribution in [0.5, 0.6) is 11.6 Å². The molecule has 0 saturated carbocycles. The van der Waals surface area contributed by atoms with Crippen LogP contribution >= 0.6 is 15.9 Å². The first-order valence-electron chi connectivity index (χ1n) is 6.10. The van der Waals surface area contributed by atoms with Gasteiger partial charge < -0.3 is 10.2 Å². The van der Waals surface area contributed by atoms with Crippen LogP contribution in [0, 0.1) is 5.82 Å². The molecule has 1 aromatic carbocycles. The minimum Gasteiger partial charge on any atom is -0.436 e. The highest BCUT2D eigenvalue weighted by atomic mass is 79.9. The lowest BCUT2D eigenvalue weighted by Gasteiger charge is -2.09. The number of aryl methyl sites for hydroxylation is 1. The number of nitrogens with zero attached hydrogens (tertiary/aromatic N) is 2. The van der Waals surface area contributed by atoms with Crippen LogP contribution in [-0.2, 0) is 6.42 Å². The second-order valence-electron chi connectivity index (χ2n) is 4.08. The third-order valence-corrected chi connectivity index (χ3v) is 2.97. The molecule has 0 spiro atoms. The molecule has 7 heteroatoms. The summed E-state index contributed by atoms with van der Waals surface area (Å²) in [5.41, 5.74) is 2.44. The van der Waals surface area contributed by atoms with E-state index in [0.29, 0.717) is 22.5 Å². The standard InChI is InChI=1S/C13H14BrFN4O/c1-2-3-11-17-12(19-16)7-13(18-11)20-10-6-8(14)4-5-9(10)15/h4-7H,2-3,16H2,1H3,(H,17,18,19). The van der Waals surface area contributed by atoms with E-state index in [1.807, 2.05) is 6.92 Å². The van der Waals surface area contributed by atoms with Crippen LogP contribution < -0.4 is 16.0 Å². The minimum absolute atomic E-state index is 0.0866. The summed E-state index contributed by atoms with van der Waals surface area (Å²) < 4.78 is 19.8. The normalized spacial score (nSPS) is 10.4. The van der Waals surface area contributed by atoms with Gasteiger partial charge in [0, 0.05) is 17.0 Å². The number of nitrogens with one attached hydrogen (secondary N) is 1. The molecule has 0 bridgehead atoms. The molecular formula is C13H14BrFN4O. The van der Waals surface area contributed by atoms with Gasteiger partial charge in [-0.2, -0.15) is 4.98 Å². The van der Waals surface area contributed by atoms with Crippen LogP contribution in [0.4, 0.5) is 10.2 Å². The number of benzene rings is 1. The molecule has 0 saturated heterocycles. The Kier molecular flexibility index (Phi) is 4.86. The SMILES string of the molecule is CCCc1nc(NN)cc(Oc2cc(Br)ccc2F)n1. The van der Waals surface area contributed by atoms with Gasteiger partial charge in [-0.1, -0.05) is 22.9 Å². The van der Waals surface area contributed by atoms with E-state index >= 15 is 0 Å². The van der Waals surface area contributed by atoms with Gasteiger partial charge in [0.1, 0.15) is 11.6 Å². The van der Waals surface area contributed by atoms with Gasteiger partial charge in [-0.25, -0.2) is 15.2 Å². The molecule has 0 fully saturated rings. The number of anilines is 1. The molecule has 0 atom stereocenters. The maximum absolute atomic E-state index is 13.7. The predicted molar refractivity (Wildman–Crippen MR) is 78.0 cm³/mol. The molecule has 0 amide bonds. The van der Waals surface area contributed by atoms with E-state index in [1.165, 1.54) is 18.2 Å². The molecule has 3 N–H and O–H groups in total. The largest absolute Gasteiger partial charge is 0.436 e. The van der Waals surface area contributed by atoms with Crippen molar-refractivity contribution in [2.45, 2.75) is 19.8 Å². The number of ether oxygens (including phenoxy) is 1. The van der Waals surface area contributed by atoms with E-state index in [1.54, 1.807) is 6.07 Å². The summed E-state index contributed by atoms with van der Waals surface area (Å²) in [5, 5.41) is 0. The molecule has 2 rings (SSSR count). The van der Waals surface area contributed by atoms with Crippen LogP contribution in [-0.4, -0.2) is 9.97 Å². The smallest absolute Gasteiger partial charge is 0.224 e. The Morgan fingerprint density at radius 2 is 2.15 bits per heavy atom. The lowest BCUT2D eigenvalue weighted by atomic mass is 10.3. The molecule has 20 heavy (non-hydrogen) atoms. The van der Waals surface area contributed by atoms with Gasteiger partial charge in [0.25, 0.3) is 0 Å². The molecule has 1 heterocycles. The van der Waals surface area contributed by atoms with Gasteiger partial charge in [0.05, 0.1) is 0 Å². The van der Waals surface area contributed by atoms with Crippen molar-refractivity contribution in [1.29, 1.82) is 0 Å². The Morgan fingerprint density at radius 3 is 2.85 bits per heavy atom. The Labute approximate surface area is 124 Å². The monoisotopic (exact) mass is 340 g/mol. The van der Waals surface area contributed by atoms with Gasteiger partial charge in [-0.3, -0.25) is 0 Å². The molecule has 0 aliphatic heterocycles. The molecule has 0 unspecified atom stereocenters. The summed E-state index contributed by atoms with van der Waals surface area (Å²) in [6.07, 6.45) is 1.57. The van der Waals surface area contributed by atoms with Crippen LogP contribution in [0.2, 0.25) is 0 Å². The van der Waals surface area contributed by atoms with Crippen molar-refractivity contribution in [1.82, 2.24) is 9.97 Å². The van der Waals surface area contributed by atoms with Crippen molar-refractivity contribution in [2.24, 2.45) is 5.84 Å². The van der Waals surface area contributed by atoms with E-state index in [9.17, 15) is 4.39 Å². The molecule has 0 aliphatic rings. The third-order valence-electron chi connectivity index (χ3n) is 2.48. The van der Waals surface area contributed by atoms with Crippen molar-refractivity contribution in [3.05, 3.63) is 40.4 Å². The quantitative estimate of drug-likeness (QED) is 0.644. The summed E-state index contributed by atoms with van der Waals surface area (Å²) in [5.74, 6) is 6.23. The highest BCUT2D eigenvalue weighted by Crippen LogP contribution is 2.27. The average molecular weight is 341 g/mol. The fraction of sp³-hybridized carbons (Fsp3) is 0.231. The van der Waals surface area contributed by atoms with Gasteiger partial charge in [-0.15, -0.1) is 0 Å².